The standard InChI is InChI=1S/C15H26N4O7/c1-9(2)12(19-15(24)25-4)14(23)18-10(3)13(22)16-7-11(21)17-8-26-6-5-20/h5,9-10,12H,6-8H2,1-4H3,(H,16,22)(H,17,21)(H,18,23)(H,19,24)/t10-,12-/m0/s1. The van der Waals surface area contributed by atoms with E-state index in [1.807, 2.05) is 0 Å². The van der Waals surface area contributed by atoms with Crippen LogP contribution in [0.3, 0.4) is 0 Å². The van der Waals surface area contributed by atoms with Crippen LogP contribution in [-0.2, 0) is 28.7 Å². The summed E-state index contributed by atoms with van der Waals surface area (Å²) in [6.45, 7) is 4.26. The first-order valence-corrected chi connectivity index (χ1v) is 7.93. The van der Waals surface area contributed by atoms with Gasteiger partial charge in [-0.3, -0.25) is 14.4 Å². The van der Waals surface area contributed by atoms with Gasteiger partial charge in [0.2, 0.25) is 17.7 Å². The Morgan fingerprint density at radius 1 is 1.00 bits per heavy atom. The Labute approximate surface area is 151 Å². The number of nitrogens with one attached hydrogen (secondary N) is 4. The van der Waals surface area contributed by atoms with Crippen LogP contribution in [0.4, 0.5) is 4.79 Å². The quantitative estimate of drug-likeness (QED) is 0.191. The minimum atomic E-state index is -0.928. The van der Waals surface area contributed by atoms with Gasteiger partial charge >= 0.3 is 6.09 Å². The maximum atomic E-state index is 12.2. The van der Waals surface area contributed by atoms with Gasteiger partial charge < -0.3 is 35.5 Å². The molecule has 148 valence electrons. The Morgan fingerprint density at radius 3 is 2.19 bits per heavy atom. The van der Waals surface area contributed by atoms with Gasteiger partial charge in [-0.2, -0.15) is 0 Å². The van der Waals surface area contributed by atoms with Gasteiger partial charge in [0.05, 0.1) is 13.7 Å². The Morgan fingerprint density at radius 2 is 1.65 bits per heavy atom. The number of amides is 4. The molecule has 0 aliphatic rings. The Bertz CT molecular complexity index is 510. The summed E-state index contributed by atoms with van der Waals surface area (Å²) >= 11 is 0. The molecule has 11 heteroatoms. The topological polar surface area (TPSA) is 152 Å². The van der Waals surface area contributed by atoms with Gasteiger partial charge in [-0.05, 0) is 12.8 Å². The Balaban J connectivity index is 4.37. The average molecular weight is 374 g/mol. The van der Waals surface area contributed by atoms with Crippen molar-refractivity contribution < 1.29 is 33.4 Å². The molecule has 2 atom stereocenters. The third-order valence-electron chi connectivity index (χ3n) is 3.14. The van der Waals surface area contributed by atoms with Crippen molar-refractivity contribution in [3.8, 4) is 0 Å². The third kappa shape index (κ3) is 9.57. The van der Waals surface area contributed by atoms with Crippen molar-refractivity contribution in [3.05, 3.63) is 0 Å². The Kier molecular flexibility index (Phi) is 11.3. The van der Waals surface area contributed by atoms with Crippen LogP contribution >= 0.6 is 0 Å². The number of ether oxygens (including phenoxy) is 2. The van der Waals surface area contributed by atoms with Gasteiger partial charge in [-0.1, -0.05) is 13.8 Å². The van der Waals surface area contributed by atoms with Crippen LogP contribution in [0.5, 0.6) is 0 Å². The van der Waals surface area contributed by atoms with Crippen molar-refractivity contribution in [3.63, 3.8) is 0 Å². The second-order valence-corrected chi connectivity index (χ2v) is 5.59. The maximum absolute atomic E-state index is 12.2. The second kappa shape index (κ2) is 12.6. The van der Waals surface area contributed by atoms with Gasteiger partial charge in [0.1, 0.15) is 31.7 Å². The Hall–Kier alpha value is -2.69. The molecule has 0 heterocycles. The monoisotopic (exact) mass is 374 g/mol. The molecular weight excluding hydrogens is 348 g/mol. The fraction of sp³-hybridized carbons (Fsp3) is 0.667. The number of methoxy groups -OCH3 is 1. The predicted octanol–water partition coefficient (Wildman–Crippen LogP) is -1.72. The van der Waals surface area contributed by atoms with Crippen LogP contribution < -0.4 is 21.3 Å². The van der Waals surface area contributed by atoms with E-state index < -0.39 is 35.9 Å². The third-order valence-corrected chi connectivity index (χ3v) is 3.14. The van der Waals surface area contributed by atoms with E-state index in [-0.39, 0.29) is 25.8 Å². The summed E-state index contributed by atoms with van der Waals surface area (Å²) in [5, 5.41) is 9.52. The van der Waals surface area contributed by atoms with Crippen molar-refractivity contribution in [2.45, 2.75) is 32.9 Å². The zero-order chi connectivity index (χ0) is 20.1. The van der Waals surface area contributed by atoms with Gasteiger partial charge in [0, 0.05) is 0 Å². The zero-order valence-electron chi connectivity index (χ0n) is 15.3. The summed E-state index contributed by atoms with van der Waals surface area (Å²) in [5.74, 6) is -1.89. The van der Waals surface area contributed by atoms with Crippen LogP contribution in [0.2, 0.25) is 0 Å². The molecule has 0 aromatic heterocycles. The predicted molar refractivity (Wildman–Crippen MR) is 89.8 cm³/mol. The van der Waals surface area contributed by atoms with Crippen molar-refractivity contribution in [1.29, 1.82) is 0 Å². The number of alkyl carbamates (subject to hydrolysis) is 1. The molecule has 0 bridgehead atoms. The van der Waals surface area contributed by atoms with E-state index in [9.17, 15) is 24.0 Å². The van der Waals surface area contributed by atoms with Crippen molar-refractivity contribution in [1.82, 2.24) is 21.3 Å². The smallest absolute Gasteiger partial charge is 0.407 e. The lowest BCUT2D eigenvalue weighted by atomic mass is 10.0. The molecule has 0 spiro atoms. The summed E-state index contributed by atoms with van der Waals surface area (Å²) in [7, 11) is 1.18. The molecule has 4 N–H and O–H groups in total. The van der Waals surface area contributed by atoms with Gasteiger partial charge in [0.25, 0.3) is 0 Å². The first-order chi connectivity index (χ1) is 12.2. The number of hydrogen-bond acceptors (Lipinski definition) is 7. The van der Waals surface area contributed by atoms with E-state index in [1.54, 1.807) is 13.8 Å². The molecule has 0 aliphatic heterocycles. The summed E-state index contributed by atoms with van der Waals surface area (Å²) in [6.07, 6.45) is -0.220. The molecule has 26 heavy (non-hydrogen) atoms. The van der Waals surface area contributed by atoms with E-state index in [0.29, 0.717) is 6.29 Å². The van der Waals surface area contributed by atoms with Crippen molar-refractivity contribution in [2.75, 3.05) is 27.0 Å². The first kappa shape index (κ1) is 23.3. The van der Waals surface area contributed by atoms with Gasteiger partial charge in [-0.15, -0.1) is 0 Å². The normalized spacial score (nSPS) is 12.5. The van der Waals surface area contributed by atoms with E-state index in [1.165, 1.54) is 14.0 Å². The molecule has 0 aliphatic carbocycles. The number of hydrogen-bond donors (Lipinski definition) is 4. The fourth-order valence-corrected chi connectivity index (χ4v) is 1.71. The molecule has 0 rings (SSSR count). The van der Waals surface area contributed by atoms with E-state index in [4.69, 9.17) is 4.74 Å². The van der Waals surface area contributed by atoms with E-state index in [2.05, 4.69) is 26.0 Å². The number of rotatable bonds is 11. The van der Waals surface area contributed by atoms with E-state index in [0.717, 1.165) is 0 Å². The lowest BCUT2D eigenvalue weighted by Crippen LogP contribution is -2.55. The average Bonchev–Trinajstić information content (AvgIpc) is 2.60. The highest BCUT2D eigenvalue weighted by molar-refractivity contribution is 5.92. The minimum absolute atomic E-state index is 0.146. The number of carbonyl (C=O) groups is 5. The molecule has 0 saturated carbocycles. The molecule has 0 unspecified atom stereocenters. The highest BCUT2D eigenvalue weighted by Crippen LogP contribution is 2.03. The second-order valence-electron chi connectivity index (χ2n) is 5.59. The van der Waals surface area contributed by atoms with Crippen LogP contribution in [0.15, 0.2) is 0 Å². The first-order valence-electron chi connectivity index (χ1n) is 7.93. The lowest BCUT2D eigenvalue weighted by molar-refractivity contribution is -0.131. The minimum Gasteiger partial charge on any atom is -0.453 e. The molecule has 11 nitrogen and oxygen atoms in total. The number of aldehydes is 1. The molecule has 0 aromatic rings. The van der Waals surface area contributed by atoms with Crippen molar-refractivity contribution in [2.24, 2.45) is 5.92 Å². The van der Waals surface area contributed by atoms with Crippen LogP contribution in [-0.4, -0.2) is 69.2 Å². The molecule has 0 aromatic carbocycles. The molecule has 4 amide bonds. The number of carbonyl (C=O) groups excluding carboxylic acids is 5. The van der Waals surface area contributed by atoms with Gasteiger partial charge in [-0.25, -0.2) is 4.79 Å². The van der Waals surface area contributed by atoms with Gasteiger partial charge in [0.15, 0.2) is 0 Å². The maximum Gasteiger partial charge on any atom is 0.407 e. The highest BCUT2D eigenvalue weighted by atomic mass is 16.5. The largest absolute Gasteiger partial charge is 0.453 e. The summed E-state index contributed by atoms with van der Waals surface area (Å²) in [4.78, 5) is 56.9. The molecular formula is C15H26N4O7. The molecule has 0 fully saturated rings. The van der Waals surface area contributed by atoms with Crippen LogP contribution in [0.25, 0.3) is 0 Å². The lowest BCUT2D eigenvalue weighted by Gasteiger charge is -2.23. The SMILES string of the molecule is COC(=O)N[C@H](C(=O)N[C@@H](C)C(=O)NCC(=O)NCOCC=O)C(C)C. The molecule has 0 saturated heterocycles. The summed E-state index contributed by atoms with van der Waals surface area (Å²) in [6, 6.07) is -1.81. The van der Waals surface area contributed by atoms with E-state index >= 15 is 0 Å². The fourth-order valence-electron chi connectivity index (χ4n) is 1.71. The summed E-state index contributed by atoms with van der Waals surface area (Å²) in [5.41, 5.74) is 0. The highest BCUT2D eigenvalue weighted by Gasteiger charge is 2.27. The van der Waals surface area contributed by atoms with Crippen molar-refractivity contribution >= 4 is 30.1 Å². The van der Waals surface area contributed by atoms with Crippen LogP contribution in [0, 0.1) is 5.92 Å². The molecule has 0 radical (unpaired) electrons. The zero-order valence-corrected chi connectivity index (χ0v) is 15.3. The summed E-state index contributed by atoms with van der Waals surface area (Å²) < 4.78 is 9.20. The van der Waals surface area contributed by atoms with Crippen LogP contribution in [0.1, 0.15) is 20.8 Å².